The molecular weight excluding hydrogens is 170 g/mol. The number of aryl methyl sites for hydroxylation is 1. The predicted molar refractivity (Wildman–Crippen MR) is 61.1 cm³/mol. The third-order valence-corrected chi connectivity index (χ3v) is 2.56. The second-order valence-corrected chi connectivity index (χ2v) is 3.36. The van der Waals surface area contributed by atoms with Crippen LogP contribution in [0.2, 0.25) is 0 Å². The lowest BCUT2D eigenvalue weighted by atomic mass is 10.1. The molecule has 1 aromatic rings. The molecule has 0 radical (unpaired) electrons. The van der Waals surface area contributed by atoms with Crippen molar-refractivity contribution in [2.45, 2.75) is 33.6 Å². The Hall–Kier alpha value is -1.11. The Bertz CT molecular complexity index is 416. The topological polar surface area (TPSA) is 3.88 Å². The molecule has 0 aromatic carbocycles. The molecular formula is C13H20N+. The van der Waals surface area contributed by atoms with Gasteiger partial charge in [-0.3, -0.25) is 0 Å². The van der Waals surface area contributed by atoms with E-state index in [4.69, 9.17) is 0 Å². The van der Waals surface area contributed by atoms with Gasteiger partial charge in [-0.15, -0.1) is 0 Å². The van der Waals surface area contributed by atoms with Crippen molar-refractivity contribution in [1.29, 1.82) is 0 Å². The smallest absolute Gasteiger partial charge is 0.199 e. The van der Waals surface area contributed by atoms with Crippen molar-refractivity contribution in [3.8, 4) is 0 Å². The molecule has 1 aliphatic rings. The number of fused-ring (bicyclic) bond motifs is 1. The van der Waals surface area contributed by atoms with Gasteiger partial charge in [0.1, 0.15) is 7.05 Å². The fraction of sp³-hybridized carbons (Fsp3) is 0.462. The number of hydrogen-bond acceptors (Lipinski definition) is 0. The Labute approximate surface area is 86.4 Å². The Morgan fingerprint density at radius 3 is 2.43 bits per heavy atom. The van der Waals surface area contributed by atoms with Crippen molar-refractivity contribution in [2.24, 2.45) is 7.05 Å². The minimum Gasteiger partial charge on any atom is -0.199 e. The summed E-state index contributed by atoms with van der Waals surface area (Å²) in [7, 11) is 2.13. The molecule has 0 fully saturated rings. The van der Waals surface area contributed by atoms with Crippen LogP contribution >= 0.6 is 0 Å². The Balaban J connectivity index is 0.000000461. The molecule has 0 unspecified atom stereocenters. The van der Waals surface area contributed by atoms with E-state index in [1.165, 1.54) is 29.1 Å². The minimum absolute atomic E-state index is 1.18. The number of hydrogen-bond donors (Lipinski definition) is 0. The normalized spacial score (nSPS) is 12.9. The lowest BCUT2D eigenvalue weighted by Gasteiger charge is -1.99. The molecule has 1 heterocycles. The number of nitrogens with zero attached hydrogens (tertiary/aromatic N) is 1. The molecule has 0 bridgehead atoms. The third-order valence-electron chi connectivity index (χ3n) is 2.56. The summed E-state index contributed by atoms with van der Waals surface area (Å²) in [5, 5.41) is 2.76. The first-order chi connectivity index (χ1) is 6.79. The summed E-state index contributed by atoms with van der Waals surface area (Å²) < 4.78 is 2.25. The second kappa shape index (κ2) is 4.94. The maximum atomic E-state index is 2.32. The maximum absolute atomic E-state index is 2.32. The summed E-state index contributed by atoms with van der Waals surface area (Å²) in [4.78, 5) is 0. The number of pyridine rings is 1. The zero-order valence-electron chi connectivity index (χ0n) is 9.67. The van der Waals surface area contributed by atoms with Crippen LogP contribution in [0.3, 0.4) is 0 Å². The van der Waals surface area contributed by atoms with E-state index < -0.39 is 0 Å². The van der Waals surface area contributed by atoms with Crippen molar-refractivity contribution < 1.29 is 4.57 Å². The SMILES string of the molecule is CC.Cc1ccc2c([n+]1C)=CCCC=2. The summed E-state index contributed by atoms with van der Waals surface area (Å²) in [6.45, 7) is 6.14. The van der Waals surface area contributed by atoms with Crippen LogP contribution in [-0.4, -0.2) is 0 Å². The highest BCUT2D eigenvalue weighted by Gasteiger charge is 2.05. The Kier molecular flexibility index (Phi) is 3.87. The highest BCUT2D eigenvalue weighted by molar-refractivity contribution is 5.33. The van der Waals surface area contributed by atoms with Crippen LogP contribution in [0.1, 0.15) is 32.4 Å². The molecule has 1 nitrogen and oxygen atoms in total. The van der Waals surface area contributed by atoms with E-state index in [0.29, 0.717) is 0 Å². The zero-order valence-corrected chi connectivity index (χ0v) is 9.67. The number of aromatic nitrogens is 1. The maximum Gasteiger partial charge on any atom is 0.208 e. The van der Waals surface area contributed by atoms with E-state index in [9.17, 15) is 0 Å². The van der Waals surface area contributed by atoms with Crippen molar-refractivity contribution in [2.75, 3.05) is 0 Å². The Morgan fingerprint density at radius 2 is 1.71 bits per heavy atom. The quantitative estimate of drug-likeness (QED) is 0.541. The van der Waals surface area contributed by atoms with E-state index in [2.05, 4.69) is 42.8 Å². The number of rotatable bonds is 0. The second-order valence-electron chi connectivity index (χ2n) is 3.36. The zero-order chi connectivity index (χ0) is 10.6. The molecule has 0 amide bonds. The van der Waals surface area contributed by atoms with E-state index in [0.717, 1.165) is 0 Å². The molecule has 0 aliphatic heterocycles. The molecule has 2 rings (SSSR count). The molecule has 76 valence electrons. The van der Waals surface area contributed by atoms with Gasteiger partial charge in [-0.25, -0.2) is 0 Å². The summed E-state index contributed by atoms with van der Waals surface area (Å²) >= 11 is 0. The molecule has 0 saturated heterocycles. The van der Waals surface area contributed by atoms with Crippen LogP contribution in [0, 0.1) is 6.92 Å². The summed E-state index contributed by atoms with van der Waals surface area (Å²) in [6.07, 6.45) is 7.01. The fourth-order valence-corrected chi connectivity index (χ4v) is 1.68. The van der Waals surface area contributed by atoms with Gasteiger partial charge in [0.05, 0.1) is 0 Å². The minimum atomic E-state index is 1.18. The van der Waals surface area contributed by atoms with E-state index in [1.54, 1.807) is 0 Å². The average Bonchev–Trinajstić information content (AvgIpc) is 2.27. The van der Waals surface area contributed by atoms with Gasteiger partial charge in [0.15, 0.2) is 5.69 Å². The van der Waals surface area contributed by atoms with Crippen LogP contribution in [0.5, 0.6) is 0 Å². The van der Waals surface area contributed by atoms with Gasteiger partial charge in [0.2, 0.25) is 5.35 Å². The molecule has 1 heteroatoms. The summed E-state index contributed by atoms with van der Waals surface area (Å²) in [5.41, 5.74) is 1.32. The highest BCUT2D eigenvalue weighted by Crippen LogP contribution is 1.93. The summed E-state index contributed by atoms with van der Waals surface area (Å²) in [6, 6.07) is 4.38. The van der Waals surface area contributed by atoms with Gasteiger partial charge in [-0.2, -0.15) is 4.57 Å². The highest BCUT2D eigenvalue weighted by atomic mass is 14.9. The van der Waals surface area contributed by atoms with Gasteiger partial charge in [-0.05, 0) is 25.0 Å². The first-order valence-electron chi connectivity index (χ1n) is 5.45. The van der Waals surface area contributed by atoms with Gasteiger partial charge >= 0.3 is 0 Å². The lowest BCUT2D eigenvalue weighted by Crippen LogP contribution is -2.56. The molecule has 14 heavy (non-hydrogen) atoms. The van der Waals surface area contributed by atoms with Crippen molar-refractivity contribution in [3.05, 3.63) is 28.4 Å². The van der Waals surface area contributed by atoms with Crippen LogP contribution in [0.15, 0.2) is 12.1 Å². The molecule has 1 aliphatic carbocycles. The molecule has 0 atom stereocenters. The van der Waals surface area contributed by atoms with Gasteiger partial charge < -0.3 is 0 Å². The fourth-order valence-electron chi connectivity index (χ4n) is 1.68. The van der Waals surface area contributed by atoms with Gasteiger partial charge in [-0.1, -0.05) is 19.9 Å². The third kappa shape index (κ3) is 2.03. The van der Waals surface area contributed by atoms with Crippen LogP contribution in [0.4, 0.5) is 0 Å². The van der Waals surface area contributed by atoms with Crippen LogP contribution < -0.4 is 15.1 Å². The van der Waals surface area contributed by atoms with Gasteiger partial charge in [0, 0.05) is 18.2 Å². The van der Waals surface area contributed by atoms with Crippen molar-refractivity contribution >= 4 is 12.2 Å². The van der Waals surface area contributed by atoms with E-state index in [1.807, 2.05) is 13.8 Å². The van der Waals surface area contributed by atoms with Gasteiger partial charge in [0.25, 0.3) is 0 Å². The van der Waals surface area contributed by atoms with Crippen molar-refractivity contribution in [3.63, 3.8) is 0 Å². The predicted octanol–water partition coefficient (Wildman–Crippen LogP) is 1.20. The van der Waals surface area contributed by atoms with Crippen LogP contribution in [0.25, 0.3) is 12.2 Å². The average molecular weight is 190 g/mol. The summed E-state index contributed by atoms with van der Waals surface area (Å²) in [5.74, 6) is 0. The first-order valence-corrected chi connectivity index (χ1v) is 5.45. The van der Waals surface area contributed by atoms with Crippen LogP contribution in [-0.2, 0) is 7.05 Å². The first kappa shape index (κ1) is 11.0. The van der Waals surface area contributed by atoms with E-state index >= 15 is 0 Å². The van der Waals surface area contributed by atoms with Crippen molar-refractivity contribution in [1.82, 2.24) is 0 Å². The lowest BCUT2D eigenvalue weighted by molar-refractivity contribution is -0.691. The molecule has 0 saturated carbocycles. The Morgan fingerprint density at radius 1 is 1.07 bits per heavy atom. The molecule has 0 N–H and O–H groups in total. The standard InChI is InChI=1S/C11H14N.C2H6/c1-9-7-8-10-5-3-4-6-11(10)12(9)2;1-2/h5-8H,3-4H2,1-2H3;1-2H3/q+1;. The largest absolute Gasteiger partial charge is 0.208 e. The monoisotopic (exact) mass is 190 g/mol. The molecule has 0 spiro atoms. The van der Waals surface area contributed by atoms with E-state index in [-0.39, 0.29) is 0 Å². The molecule has 1 aromatic heterocycles.